The molecule has 12 heteroatoms. The molecule has 204 valence electrons. The Kier molecular flexibility index (Phi) is 5.95. The highest BCUT2D eigenvalue weighted by molar-refractivity contribution is 9.10. The Morgan fingerprint density at radius 1 is 1.10 bits per heavy atom. The minimum absolute atomic E-state index is 0.0220. The second kappa shape index (κ2) is 9.54. The van der Waals surface area contributed by atoms with Crippen molar-refractivity contribution in [2.75, 3.05) is 17.6 Å². The van der Waals surface area contributed by atoms with Crippen LogP contribution >= 0.6 is 15.9 Å². The van der Waals surface area contributed by atoms with Crippen molar-refractivity contribution in [2.24, 2.45) is 11.8 Å². The molecule has 3 aromatic heterocycles. The highest BCUT2D eigenvalue weighted by atomic mass is 79.9. The summed E-state index contributed by atoms with van der Waals surface area (Å²) in [5, 5.41) is 7.16. The Morgan fingerprint density at radius 3 is 2.75 bits per heavy atom. The number of aromatic nitrogens is 4. The first-order valence-electron chi connectivity index (χ1n) is 13.4. The third-order valence-electron chi connectivity index (χ3n) is 8.13. The SMILES string of the molecule is Nc1ncnc2c1c1cc(C(=O)NCC3CC3)ccc1n2CC(=O)N1[C@@H]2C[C@@H]2C[C@H]1C(=O)Nc1cccc(Br)n1. The molecule has 0 spiro atoms. The average Bonchev–Trinajstić information content (AvgIpc) is 3.86. The van der Waals surface area contributed by atoms with E-state index in [4.69, 9.17) is 5.73 Å². The third kappa shape index (κ3) is 4.45. The van der Waals surface area contributed by atoms with Crippen molar-refractivity contribution in [2.45, 2.75) is 44.3 Å². The number of rotatable bonds is 7. The number of likely N-dealkylation sites (tertiary alicyclic amines) is 1. The third-order valence-corrected chi connectivity index (χ3v) is 8.58. The van der Waals surface area contributed by atoms with Crippen LogP contribution in [-0.2, 0) is 16.1 Å². The maximum absolute atomic E-state index is 13.8. The van der Waals surface area contributed by atoms with Gasteiger partial charge in [-0.3, -0.25) is 14.4 Å². The number of hydrogen-bond donors (Lipinski definition) is 3. The number of pyridine rings is 1. The number of nitrogens with zero attached hydrogens (tertiary/aromatic N) is 5. The van der Waals surface area contributed by atoms with Crippen LogP contribution in [0.25, 0.3) is 21.9 Å². The van der Waals surface area contributed by atoms with Crippen LogP contribution in [-0.4, -0.2) is 60.8 Å². The summed E-state index contributed by atoms with van der Waals surface area (Å²) in [6.07, 6.45) is 5.19. The number of anilines is 2. The summed E-state index contributed by atoms with van der Waals surface area (Å²) in [5.41, 5.74) is 8.02. The minimum Gasteiger partial charge on any atom is -0.383 e. The Labute approximate surface area is 237 Å². The van der Waals surface area contributed by atoms with Crippen LogP contribution in [0, 0.1) is 11.8 Å². The zero-order valence-corrected chi connectivity index (χ0v) is 23.1. The number of nitrogens with one attached hydrogen (secondary N) is 2. The van der Waals surface area contributed by atoms with Gasteiger partial charge in [0.25, 0.3) is 5.91 Å². The second-order valence-corrected chi connectivity index (χ2v) is 11.7. The van der Waals surface area contributed by atoms with E-state index in [-0.39, 0.29) is 36.1 Å². The maximum atomic E-state index is 13.8. The normalized spacial score (nSPS) is 21.4. The second-order valence-electron chi connectivity index (χ2n) is 10.9. The summed E-state index contributed by atoms with van der Waals surface area (Å²) in [6, 6.07) is 10.1. The van der Waals surface area contributed by atoms with Crippen LogP contribution in [0.5, 0.6) is 0 Å². The lowest BCUT2D eigenvalue weighted by Crippen LogP contribution is -2.46. The molecule has 0 bridgehead atoms. The smallest absolute Gasteiger partial charge is 0.251 e. The lowest BCUT2D eigenvalue weighted by atomic mass is 10.1. The van der Waals surface area contributed by atoms with Gasteiger partial charge in [0, 0.05) is 23.5 Å². The molecule has 0 unspecified atom stereocenters. The van der Waals surface area contributed by atoms with Crippen molar-refractivity contribution < 1.29 is 14.4 Å². The molecule has 1 aromatic carbocycles. The number of piperidine rings is 1. The monoisotopic (exact) mass is 602 g/mol. The molecule has 3 aliphatic rings. The van der Waals surface area contributed by atoms with Gasteiger partial charge in [0.1, 0.15) is 40.8 Å². The van der Waals surface area contributed by atoms with Crippen LogP contribution in [0.15, 0.2) is 47.3 Å². The number of fused-ring (bicyclic) bond motifs is 4. The van der Waals surface area contributed by atoms with E-state index in [0.29, 0.717) is 57.2 Å². The number of amides is 3. The van der Waals surface area contributed by atoms with E-state index in [9.17, 15) is 14.4 Å². The van der Waals surface area contributed by atoms with Crippen molar-refractivity contribution in [3.8, 4) is 0 Å². The molecular weight excluding hydrogens is 576 g/mol. The van der Waals surface area contributed by atoms with Gasteiger partial charge in [-0.05, 0) is 83.8 Å². The van der Waals surface area contributed by atoms with E-state index in [1.807, 2.05) is 6.07 Å². The predicted octanol–water partition coefficient (Wildman–Crippen LogP) is 3.09. The maximum Gasteiger partial charge on any atom is 0.251 e. The molecule has 3 fully saturated rings. The van der Waals surface area contributed by atoms with Gasteiger partial charge in [-0.2, -0.15) is 0 Å². The summed E-state index contributed by atoms with van der Waals surface area (Å²) < 4.78 is 2.42. The first-order chi connectivity index (χ1) is 19.4. The Bertz CT molecular complexity index is 1700. The van der Waals surface area contributed by atoms with Crippen LogP contribution in [0.1, 0.15) is 36.0 Å². The lowest BCUT2D eigenvalue weighted by molar-refractivity contribution is -0.138. The minimum atomic E-state index is -0.577. The quantitative estimate of drug-likeness (QED) is 0.275. The van der Waals surface area contributed by atoms with E-state index in [2.05, 4.69) is 41.5 Å². The molecule has 40 heavy (non-hydrogen) atoms. The van der Waals surface area contributed by atoms with Crippen molar-refractivity contribution in [3.05, 3.63) is 52.9 Å². The zero-order chi connectivity index (χ0) is 27.5. The van der Waals surface area contributed by atoms with Gasteiger partial charge in [-0.1, -0.05) is 6.07 Å². The van der Waals surface area contributed by atoms with Gasteiger partial charge < -0.3 is 25.8 Å². The van der Waals surface area contributed by atoms with Crippen LogP contribution in [0.3, 0.4) is 0 Å². The van der Waals surface area contributed by atoms with Crippen LogP contribution < -0.4 is 16.4 Å². The topological polar surface area (TPSA) is 148 Å². The number of nitrogen functional groups attached to an aromatic ring is 1. The fraction of sp³-hybridized carbons (Fsp3) is 0.357. The number of hydrogen-bond acceptors (Lipinski definition) is 7. The number of carbonyl (C=O) groups excluding carboxylic acids is 3. The Hall–Kier alpha value is -4.06. The van der Waals surface area contributed by atoms with E-state index in [1.165, 1.54) is 6.33 Å². The van der Waals surface area contributed by atoms with Crippen molar-refractivity contribution in [1.82, 2.24) is 29.7 Å². The lowest BCUT2D eigenvalue weighted by Gasteiger charge is -2.27. The van der Waals surface area contributed by atoms with Gasteiger partial charge in [0.05, 0.1) is 10.9 Å². The Morgan fingerprint density at radius 2 is 1.95 bits per heavy atom. The summed E-state index contributed by atoms with van der Waals surface area (Å²) in [5.74, 6) is 1.03. The largest absolute Gasteiger partial charge is 0.383 e. The summed E-state index contributed by atoms with van der Waals surface area (Å²) in [7, 11) is 0. The van der Waals surface area contributed by atoms with Crippen molar-refractivity contribution in [1.29, 1.82) is 0 Å². The first kappa shape index (κ1) is 24.9. The van der Waals surface area contributed by atoms with Gasteiger partial charge in [0.2, 0.25) is 11.8 Å². The van der Waals surface area contributed by atoms with E-state index >= 15 is 0 Å². The molecule has 0 radical (unpaired) electrons. The fourth-order valence-corrected chi connectivity index (χ4v) is 6.20. The molecule has 1 saturated heterocycles. The van der Waals surface area contributed by atoms with Crippen LogP contribution in [0.2, 0.25) is 0 Å². The molecule has 3 amide bonds. The summed E-state index contributed by atoms with van der Waals surface area (Å²) in [4.78, 5) is 54.5. The number of benzene rings is 1. The average molecular weight is 603 g/mol. The molecule has 11 nitrogen and oxygen atoms in total. The van der Waals surface area contributed by atoms with E-state index in [1.54, 1.807) is 39.8 Å². The molecule has 2 aliphatic carbocycles. The highest BCUT2D eigenvalue weighted by Gasteiger charge is 2.56. The highest BCUT2D eigenvalue weighted by Crippen LogP contribution is 2.48. The molecular formula is C28H27BrN8O3. The van der Waals surface area contributed by atoms with Gasteiger partial charge >= 0.3 is 0 Å². The summed E-state index contributed by atoms with van der Waals surface area (Å²) >= 11 is 3.32. The molecule has 2 saturated carbocycles. The molecule has 4 N–H and O–H groups in total. The number of halogens is 1. The fourth-order valence-electron chi connectivity index (χ4n) is 5.85. The molecule has 4 aromatic rings. The van der Waals surface area contributed by atoms with E-state index in [0.717, 1.165) is 24.8 Å². The molecule has 7 rings (SSSR count). The van der Waals surface area contributed by atoms with Gasteiger partial charge in [-0.25, -0.2) is 15.0 Å². The Balaban J connectivity index is 1.18. The standard InChI is InChI=1S/C28H27BrN8O3/c29-21-2-1-3-22(34-21)35-28(40)20-10-16-9-19(16)37(20)23(38)12-36-18-7-6-15(27(39)31-11-14-4-5-14)8-17(18)24-25(30)32-13-33-26(24)36/h1-3,6-8,13-14,16,19-20H,4-5,9-12H2,(H,31,39)(H2,30,32,33)(H,34,35,40)/t16-,19-,20+/m1/s1. The first-order valence-corrected chi connectivity index (χ1v) is 14.2. The predicted molar refractivity (Wildman–Crippen MR) is 152 cm³/mol. The van der Waals surface area contributed by atoms with Crippen LogP contribution in [0.4, 0.5) is 11.6 Å². The molecule has 4 heterocycles. The zero-order valence-electron chi connectivity index (χ0n) is 21.5. The van der Waals surface area contributed by atoms with E-state index < -0.39 is 6.04 Å². The van der Waals surface area contributed by atoms with Gasteiger partial charge in [0.15, 0.2) is 0 Å². The van der Waals surface area contributed by atoms with Crippen molar-refractivity contribution >= 4 is 67.2 Å². The molecule has 1 aliphatic heterocycles. The number of nitrogens with two attached hydrogens (primary N) is 1. The van der Waals surface area contributed by atoms with Crippen molar-refractivity contribution in [3.63, 3.8) is 0 Å². The molecule has 3 atom stereocenters. The number of carbonyl (C=O) groups is 3. The summed E-state index contributed by atoms with van der Waals surface area (Å²) in [6.45, 7) is 0.647. The van der Waals surface area contributed by atoms with Gasteiger partial charge in [-0.15, -0.1) is 0 Å².